The van der Waals surface area contributed by atoms with Crippen molar-refractivity contribution in [3.63, 3.8) is 0 Å². The molecule has 5 rings (SSSR count). The Morgan fingerprint density at radius 1 is 0.900 bits per heavy atom. The number of benzene rings is 3. The molecule has 3 aromatic carbocycles. The molecule has 1 aliphatic heterocycles. The number of nitrogens with zero attached hydrogens (tertiary/aromatic N) is 1. The lowest BCUT2D eigenvalue weighted by Crippen LogP contribution is -2.41. The number of amides is 1. The highest BCUT2D eigenvalue weighted by Gasteiger charge is 2.38. The highest BCUT2D eigenvalue weighted by molar-refractivity contribution is 7.91. The van der Waals surface area contributed by atoms with Crippen LogP contribution in [0.5, 0.6) is 0 Å². The summed E-state index contributed by atoms with van der Waals surface area (Å²) in [6, 6.07) is 25.2. The Bertz CT molecular complexity index is 1640. The SMILES string of the molecule is O=C(COC(=O)CC1c2ccccc2CCN1S(=O)(=O)c1cccs1)Nc1ccccc1C(=O)c1ccccc1. The third-order valence-corrected chi connectivity index (χ3v) is 9.91. The van der Waals surface area contributed by atoms with Crippen molar-refractivity contribution in [2.75, 3.05) is 18.5 Å². The van der Waals surface area contributed by atoms with Gasteiger partial charge in [0.15, 0.2) is 12.4 Å². The molecule has 1 atom stereocenters. The van der Waals surface area contributed by atoms with E-state index in [1.54, 1.807) is 72.1 Å². The molecule has 1 aliphatic rings. The maximum atomic E-state index is 13.4. The molecule has 0 aliphatic carbocycles. The second kappa shape index (κ2) is 12.0. The lowest BCUT2D eigenvalue weighted by molar-refractivity contribution is -0.148. The van der Waals surface area contributed by atoms with E-state index >= 15 is 0 Å². The average Bonchev–Trinajstić information content (AvgIpc) is 3.53. The van der Waals surface area contributed by atoms with Gasteiger partial charge in [-0.15, -0.1) is 11.3 Å². The van der Waals surface area contributed by atoms with E-state index in [0.717, 1.165) is 22.5 Å². The van der Waals surface area contributed by atoms with Crippen LogP contribution in [0.4, 0.5) is 5.69 Å². The monoisotopic (exact) mass is 574 g/mol. The average molecular weight is 575 g/mol. The summed E-state index contributed by atoms with van der Waals surface area (Å²) in [5.74, 6) is -1.58. The highest BCUT2D eigenvalue weighted by Crippen LogP contribution is 2.37. The minimum Gasteiger partial charge on any atom is -0.456 e. The molecule has 1 amide bonds. The second-order valence-electron chi connectivity index (χ2n) is 9.17. The molecule has 0 radical (unpaired) electrons. The molecule has 204 valence electrons. The summed E-state index contributed by atoms with van der Waals surface area (Å²) in [4.78, 5) is 38.6. The molecule has 0 saturated heterocycles. The number of ether oxygens (including phenoxy) is 1. The number of anilines is 1. The number of esters is 1. The molecule has 8 nitrogen and oxygen atoms in total. The molecule has 4 aromatic rings. The molecule has 0 saturated carbocycles. The summed E-state index contributed by atoms with van der Waals surface area (Å²) in [7, 11) is -3.83. The highest BCUT2D eigenvalue weighted by atomic mass is 32.2. The minimum absolute atomic E-state index is 0.202. The molecular weight excluding hydrogens is 548 g/mol. The van der Waals surface area contributed by atoms with Crippen molar-refractivity contribution in [1.29, 1.82) is 0 Å². The number of carbonyl (C=O) groups excluding carboxylic acids is 3. The van der Waals surface area contributed by atoms with Gasteiger partial charge >= 0.3 is 5.97 Å². The maximum absolute atomic E-state index is 13.4. The number of fused-ring (bicyclic) bond motifs is 1. The number of carbonyl (C=O) groups is 3. The fraction of sp³-hybridized carbons (Fsp3) is 0.167. The lowest BCUT2D eigenvalue weighted by atomic mass is 9.92. The molecule has 0 spiro atoms. The zero-order valence-electron chi connectivity index (χ0n) is 21.4. The summed E-state index contributed by atoms with van der Waals surface area (Å²) >= 11 is 1.12. The Kier molecular flexibility index (Phi) is 8.20. The first-order valence-corrected chi connectivity index (χ1v) is 14.9. The van der Waals surface area contributed by atoms with Gasteiger partial charge in [-0.1, -0.05) is 72.8 Å². The zero-order valence-corrected chi connectivity index (χ0v) is 23.0. The van der Waals surface area contributed by atoms with Crippen molar-refractivity contribution in [3.05, 3.63) is 119 Å². The van der Waals surface area contributed by atoms with Gasteiger partial charge in [0.2, 0.25) is 0 Å². The van der Waals surface area contributed by atoms with Crippen molar-refractivity contribution in [2.45, 2.75) is 23.1 Å². The van der Waals surface area contributed by atoms with E-state index in [1.807, 2.05) is 24.3 Å². The van der Waals surface area contributed by atoms with Crippen LogP contribution in [-0.4, -0.2) is 43.5 Å². The van der Waals surface area contributed by atoms with Crippen LogP contribution in [0.1, 0.15) is 39.5 Å². The Morgan fingerprint density at radius 2 is 1.62 bits per heavy atom. The standard InChI is InChI=1S/C30H26N2O6S2/c33-27(31-25-14-7-6-13-24(25)30(35)22-10-2-1-3-11-22)20-38-28(34)19-26-23-12-5-4-9-21(23)16-17-32(26)40(36,37)29-15-8-18-39-29/h1-15,18,26H,16-17,19-20H2,(H,31,33). The maximum Gasteiger partial charge on any atom is 0.308 e. The quantitative estimate of drug-likeness (QED) is 0.226. The van der Waals surface area contributed by atoms with Crippen molar-refractivity contribution in [2.24, 2.45) is 0 Å². The first-order chi connectivity index (χ1) is 19.3. The van der Waals surface area contributed by atoms with Crippen LogP contribution in [0.25, 0.3) is 0 Å². The number of nitrogens with one attached hydrogen (secondary N) is 1. The number of para-hydroxylation sites is 1. The molecule has 40 heavy (non-hydrogen) atoms. The number of hydrogen-bond acceptors (Lipinski definition) is 7. The van der Waals surface area contributed by atoms with Gasteiger partial charge in [0.25, 0.3) is 15.9 Å². The van der Waals surface area contributed by atoms with Gasteiger partial charge in [-0.2, -0.15) is 4.31 Å². The molecule has 0 fully saturated rings. The van der Waals surface area contributed by atoms with E-state index < -0.39 is 34.5 Å². The van der Waals surface area contributed by atoms with Crippen molar-refractivity contribution in [3.8, 4) is 0 Å². The van der Waals surface area contributed by atoms with Gasteiger partial charge in [-0.3, -0.25) is 14.4 Å². The number of ketones is 1. The second-order valence-corrected chi connectivity index (χ2v) is 12.2. The van der Waals surface area contributed by atoms with Crippen molar-refractivity contribution >= 4 is 44.7 Å². The lowest BCUT2D eigenvalue weighted by Gasteiger charge is -2.35. The normalized spacial score (nSPS) is 15.2. The van der Waals surface area contributed by atoms with Gasteiger partial charge in [-0.25, -0.2) is 8.42 Å². The van der Waals surface area contributed by atoms with E-state index in [1.165, 1.54) is 4.31 Å². The minimum atomic E-state index is -3.83. The summed E-state index contributed by atoms with van der Waals surface area (Å²) in [6.45, 7) is -0.360. The first kappa shape index (κ1) is 27.4. The van der Waals surface area contributed by atoms with E-state index in [-0.39, 0.29) is 23.0 Å². The van der Waals surface area contributed by atoms with Crippen LogP contribution in [0.3, 0.4) is 0 Å². The summed E-state index contributed by atoms with van der Waals surface area (Å²) in [5, 5.41) is 4.34. The molecule has 1 N–H and O–H groups in total. The third kappa shape index (κ3) is 5.89. The molecule has 1 unspecified atom stereocenters. The number of sulfonamides is 1. The molecule has 1 aromatic heterocycles. The number of thiophene rings is 1. The van der Waals surface area contributed by atoms with E-state index in [9.17, 15) is 22.8 Å². The van der Waals surface area contributed by atoms with Gasteiger partial charge in [-0.05, 0) is 41.1 Å². The zero-order chi connectivity index (χ0) is 28.1. The topological polar surface area (TPSA) is 110 Å². The number of hydrogen-bond donors (Lipinski definition) is 1. The number of rotatable bonds is 9. The predicted octanol–water partition coefficient (Wildman–Crippen LogP) is 4.84. The van der Waals surface area contributed by atoms with Crippen LogP contribution in [0, 0.1) is 0 Å². The van der Waals surface area contributed by atoms with Crippen LogP contribution in [-0.2, 0) is 30.8 Å². The van der Waals surface area contributed by atoms with E-state index in [4.69, 9.17) is 4.74 Å². The first-order valence-electron chi connectivity index (χ1n) is 12.6. The third-order valence-electron chi connectivity index (χ3n) is 6.63. The Balaban J connectivity index is 1.27. The Labute approximate surface area is 236 Å². The van der Waals surface area contributed by atoms with Crippen LogP contribution in [0.15, 0.2) is 101 Å². The molecule has 0 bridgehead atoms. The smallest absolute Gasteiger partial charge is 0.308 e. The fourth-order valence-electron chi connectivity index (χ4n) is 4.74. The van der Waals surface area contributed by atoms with Gasteiger partial charge in [0.1, 0.15) is 4.21 Å². The molecule has 10 heteroatoms. The van der Waals surface area contributed by atoms with Crippen LogP contribution >= 0.6 is 11.3 Å². The summed E-state index contributed by atoms with van der Waals surface area (Å²) in [6.07, 6.45) is 0.272. The Hall–Kier alpha value is -4.12. The Morgan fingerprint density at radius 3 is 2.40 bits per heavy atom. The van der Waals surface area contributed by atoms with Gasteiger partial charge in [0.05, 0.1) is 18.2 Å². The van der Waals surface area contributed by atoms with Crippen LogP contribution < -0.4 is 5.32 Å². The van der Waals surface area contributed by atoms with Crippen LogP contribution in [0.2, 0.25) is 0 Å². The molecule has 2 heterocycles. The summed E-state index contributed by atoms with van der Waals surface area (Å²) in [5.41, 5.74) is 2.79. The van der Waals surface area contributed by atoms with E-state index in [2.05, 4.69) is 5.32 Å². The summed E-state index contributed by atoms with van der Waals surface area (Å²) < 4.78 is 33.6. The van der Waals surface area contributed by atoms with Crippen molar-refractivity contribution < 1.29 is 27.5 Å². The van der Waals surface area contributed by atoms with E-state index in [0.29, 0.717) is 23.2 Å². The van der Waals surface area contributed by atoms with Crippen molar-refractivity contribution in [1.82, 2.24) is 4.31 Å². The predicted molar refractivity (Wildman–Crippen MR) is 152 cm³/mol. The van der Waals surface area contributed by atoms with Gasteiger partial charge < -0.3 is 10.1 Å². The molecular formula is C30H26N2O6S2. The fourth-order valence-corrected chi connectivity index (χ4v) is 7.46. The van der Waals surface area contributed by atoms with Gasteiger partial charge in [0, 0.05) is 17.7 Å². The largest absolute Gasteiger partial charge is 0.456 e.